The molecule has 0 aliphatic carbocycles. The van der Waals surface area contributed by atoms with Crippen LogP contribution < -0.4 is 11.2 Å². The van der Waals surface area contributed by atoms with Crippen LogP contribution >= 0.6 is 12.2 Å². The van der Waals surface area contributed by atoms with E-state index < -0.39 is 0 Å². The summed E-state index contributed by atoms with van der Waals surface area (Å²) in [7, 11) is 3.55. The van der Waals surface area contributed by atoms with Crippen LogP contribution in [0.3, 0.4) is 0 Å². The molecule has 2 N–H and O–H groups in total. The Morgan fingerprint density at radius 2 is 1.79 bits per heavy atom. The van der Waals surface area contributed by atoms with Gasteiger partial charge in [0, 0.05) is 33.7 Å². The molecule has 2 aromatic carbocycles. The average Bonchev–Trinajstić information content (AvgIpc) is 2.85. The van der Waals surface area contributed by atoms with E-state index in [-0.39, 0.29) is 6.10 Å². The van der Waals surface area contributed by atoms with Crippen molar-refractivity contribution in [2.45, 2.75) is 12.6 Å². The number of hydrogen-bond acceptors (Lipinski definition) is 6. The Labute approximate surface area is 199 Å². The molecular weight excluding hydrogens is 432 g/mol. The van der Waals surface area contributed by atoms with Crippen molar-refractivity contribution in [2.24, 2.45) is 19.1 Å². The second-order valence-corrected chi connectivity index (χ2v) is 8.59. The van der Waals surface area contributed by atoms with E-state index in [2.05, 4.69) is 64.5 Å². The molecule has 3 aromatic rings. The molecule has 1 unspecified atom stereocenters. The number of rotatable bonds is 5. The topological polar surface area (TPSA) is 84.5 Å². The molecule has 1 aliphatic rings. The lowest BCUT2D eigenvalue weighted by atomic mass is 10.0. The monoisotopic (exact) mass is 460 g/mol. The average molecular weight is 461 g/mol. The summed E-state index contributed by atoms with van der Waals surface area (Å²) < 4.78 is 9.80. The summed E-state index contributed by atoms with van der Waals surface area (Å²) in [4.78, 5) is 7.06. The number of nitrogens with two attached hydrogens (primary N) is 1. The maximum Gasteiger partial charge on any atom is 0.182 e. The predicted molar refractivity (Wildman–Crippen MR) is 132 cm³/mol. The first-order valence-electron chi connectivity index (χ1n) is 10.9. The smallest absolute Gasteiger partial charge is 0.182 e. The van der Waals surface area contributed by atoms with E-state index in [4.69, 9.17) is 22.7 Å². The SMILES string of the molecule is Cn1c(N)c(C#N)c(=NCC2CN(Cc3ccc(-c4ccccc4)cc3)CCO2)n(C)c1=S. The molecule has 1 fully saturated rings. The van der Waals surface area contributed by atoms with Gasteiger partial charge in [0.05, 0.1) is 19.3 Å². The van der Waals surface area contributed by atoms with Gasteiger partial charge in [-0.1, -0.05) is 54.6 Å². The van der Waals surface area contributed by atoms with Gasteiger partial charge in [-0.3, -0.25) is 9.89 Å². The molecule has 0 saturated carbocycles. The Bertz CT molecular complexity index is 1290. The molecular formula is C25H28N6OS. The normalized spacial score (nSPS) is 17.1. The summed E-state index contributed by atoms with van der Waals surface area (Å²) in [5, 5.41) is 9.58. The highest BCUT2D eigenvalue weighted by molar-refractivity contribution is 7.71. The number of nitriles is 1. The van der Waals surface area contributed by atoms with Crippen LogP contribution in [0.15, 0.2) is 59.6 Å². The maximum atomic E-state index is 9.58. The van der Waals surface area contributed by atoms with E-state index in [0.29, 0.717) is 34.8 Å². The second kappa shape index (κ2) is 10.1. The Balaban J connectivity index is 1.45. The van der Waals surface area contributed by atoms with Gasteiger partial charge in [-0.15, -0.1) is 0 Å². The second-order valence-electron chi connectivity index (χ2n) is 8.23. The molecule has 8 heteroatoms. The third-order valence-corrected chi connectivity index (χ3v) is 6.53. The van der Waals surface area contributed by atoms with E-state index in [0.717, 1.165) is 19.6 Å². The molecule has 0 spiro atoms. The minimum atomic E-state index is -0.0577. The van der Waals surface area contributed by atoms with Crippen molar-refractivity contribution < 1.29 is 4.74 Å². The van der Waals surface area contributed by atoms with E-state index >= 15 is 0 Å². The number of hydrogen-bond donors (Lipinski definition) is 1. The number of anilines is 1. The van der Waals surface area contributed by atoms with Gasteiger partial charge in [0.15, 0.2) is 10.3 Å². The van der Waals surface area contributed by atoms with Gasteiger partial charge in [-0.2, -0.15) is 5.26 Å². The van der Waals surface area contributed by atoms with Crippen LogP contribution in [0.4, 0.5) is 5.82 Å². The van der Waals surface area contributed by atoms with Crippen molar-refractivity contribution >= 4 is 18.0 Å². The molecule has 0 amide bonds. The molecule has 4 rings (SSSR count). The van der Waals surface area contributed by atoms with Crippen LogP contribution in [-0.4, -0.2) is 46.4 Å². The first-order chi connectivity index (χ1) is 16.0. The van der Waals surface area contributed by atoms with E-state index in [9.17, 15) is 5.26 Å². The Morgan fingerprint density at radius 3 is 2.48 bits per heavy atom. The van der Waals surface area contributed by atoms with Gasteiger partial charge in [0.2, 0.25) is 0 Å². The summed E-state index contributed by atoms with van der Waals surface area (Å²) in [6, 6.07) is 21.3. The third-order valence-electron chi connectivity index (χ3n) is 5.98. The summed E-state index contributed by atoms with van der Waals surface area (Å²) >= 11 is 5.42. The van der Waals surface area contributed by atoms with E-state index in [1.165, 1.54) is 16.7 Å². The highest BCUT2D eigenvalue weighted by Crippen LogP contribution is 2.20. The zero-order valence-corrected chi connectivity index (χ0v) is 19.8. The predicted octanol–water partition coefficient (Wildman–Crippen LogP) is 3.02. The zero-order valence-electron chi connectivity index (χ0n) is 18.9. The molecule has 1 saturated heterocycles. The summed E-state index contributed by atoms with van der Waals surface area (Å²) in [5.41, 5.74) is 10.6. The lowest BCUT2D eigenvalue weighted by molar-refractivity contribution is -0.0262. The van der Waals surface area contributed by atoms with Gasteiger partial charge in [-0.25, -0.2) is 0 Å². The molecule has 1 aliphatic heterocycles. The molecule has 1 aromatic heterocycles. The fraction of sp³-hybridized carbons (Fsp3) is 0.320. The van der Waals surface area contributed by atoms with E-state index in [1.807, 2.05) is 6.07 Å². The number of morpholine rings is 1. The molecule has 2 heterocycles. The lowest BCUT2D eigenvalue weighted by Gasteiger charge is -2.32. The highest BCUT2D eigenvalue weighted by atomic mass is 32.1. The maximum absolute atomic E-state index is 9.58. The van der Waals surface area contributed by atoms with Gasteiger partial charge in [0.1, 0.15) is 17.5 Å². The molecule has 33 heavy (non-hydrogen) atoms. The van der Waals surface area contributed by atoms with Crippen molar-refractivity contribution in [1.82, 2.24) is 14.0 Å². The first-order valence-corrected chi connectivity index (χ1v) is 11.3. The Hall–Kier alpha value is -3.25. The Kier molecular flexibility index (Phi) is 7.04. The summed E-state index contributed by atoms with van der Waals surface area (Å²) in [5.74, 6) is 0.324. The minimum absolute atomic E-state index is 0.0577. The van der Waals surface area contributed by atoms with Gasteiger partial charge in [0.25, 0.3) is 0 Å². The van der Waals surface area contributed by atoms with Crippen LogP contribution in [0, 0.1) is 16.1 Å². The van der Waals surface area contributed by atoms with Gasteiger partial charge < -0.3 is 19.6 Å². The van der Waals surface area contributed by atoms with E-state index in [1.54, 1.807) is 23.2 Å². The first kappa shape index (κ1) is 22.9. The van der Waals surface area contributed by atoms with Gasteiger partial charge in [-0.05, 0) is 28.9 Å². The minimum Gasteiger partial charge on any atom is -0.384 e. The summed E-state index contributed by atoms with van der Waals surface area (Å²) in [6.45, 7) is 3.59. The van der Waals surface area contributed by atoms with Gasteiger partial charge >= 0.3 is 0 Å². The van der Waals surface area contributed by atoms with Crippen molar-refractivity contribution in [2.75, 3.05) is 32.0 Å². The number of nitrogen functional groups attached to an aromatic ring is 1. The third kappa shape index (κ3) is 5.06. The fourth-order valence-electron chi connectivity index (χ4n) is 4.08. The molecule has 0 radical (unpaired) electrons. The van der Waals surface area contributed by atoms with Crippen LogP contribution in [0.1, 0.15) is 11.1 Å². The van der Waals surface area contributed by atoms with Crippen molar-refractivity contribution in [1.29, 1.82) is 5.26 Å². The standard InChI is InChI=1S/C25H28N6OS/c1-29-23(27)22(14-26)24(30(2)25(29)33)28-15-21-17-31(12-13-32-21)16-18-8-10-20(11-9-18)19-6-4-3-5-7-19/h3-11,21H,12-13,15-17,27H2,1-2H3. The number of benzene rings is 2. The van der Waals surface area contributed by atoms with Crippen molar-refractivity contribution in [3.8, 4) is 17.2 Å². The zero-order chi connectivity index (χ0) is 23.4. The highest BCUT2D eigenvalue weighted by Gasteiger charge is 2.21. The lowest BCUT2D eigenvalue weighted by Crippen LogP contribution is -2.43. The van der Waals surface area contributed by atoms with Crippen LogP contribution in [0.5, 0.6) is 0 Å². The number of ether oxygens (including phenoxy) is 1. The quantitative estimate of drug-likeness (QED) is 0.592. The number of aromatic nitrogens is 2. The molecule has 170 valence electrons. The van der Waals surface area contributed by atoms with Crippen LogP contribution in [0.2, 0.25) is 0 Å². The van der Waals surface area contributed by atoms with Crippen LogP contribution in [0.25, 0.3) is 11.1 Å². The molecule has 0 bridgehead atoms. The summed E-state index contributed by atoms with van der Waals surface area (Å²) in [6.07, 6.45) is -0.0577. The van der Waals surface area contributed by atoms with Crippen LogP contribution in [-0.2, 0) is 25.4 Å². The van der Waals surface area contributed by atoms with Crippen molar-refractivity contribution in [3.63, 3.8) is 0 Å². The fourth-order valence-corrected chi connectivity index (χ4v) is 4.26. The molecule has 1 atom stereocenters. The number of nitrogens with zero attached hydrogens (tertiary/aromatic N) is 5. The Morgan fingerprint density at radius 1 is 1.09 bits per heavy atom. The van der Waals surface area contributed by atoms with Crippen molar-refractivity contribution in [3.05, 3.63) is 76.0 Å². The molecule has 7 nitrogen and oxygen atoms in total. The largest absolute Gasteiger partial charge is 0.384 e.